The van der Waals surface area contributed by atoms with Crippen molar-refractivity contribution in [3.63, 3.8) is 0 Å². The zero-order valence-corrected chi connectivity index (χ0v) is 12.5. The van der Waals surface area contributed by atoms with Crippen molar-refractivity contribution in [2.45, 2.75) is 20.0 Å². The van der Waals surface area contributed by atoms with Crippen molar-refractivity contribution in [1.29, 1.82) is 0 Å². The largest absolute Gasteiger partial charge is 0.406 e. The summed E-state index contributed by atoms with van der Waals surface area (Å²) in [4.78, 5) is 14.2. The highest BCUT2D eigenvalue weighted by atomic mass is 35.5. The van der Waals surface area contributed by atoms with Crippen LogP contribution in [-0.4, -0.2) is 59.0 Å². The Labute approximate surface area is 125 Å². The lowest BCUT2D eigenvalue weighted by atomic mass is 10.5. The van der Waals surface area contributed by atoms with Crippen LogP contribution in [0.15, 0.2) is 0 Å². The van der Waals surface area contributed by atoms with Crippen molar-refractivity contribution in [2.24, 2.45) is 0 Å². The number of anilines is 2. The second kappa shape index (κ2) is 7.60. The van der Waals surface area contributed by atoms with E-state index in [2.05, 4.69) is 15.0 Å². The van der Waals surface area contributed by atoms with E-state index in [0.717, 1.165) is 4.90 Å². The topological polar surface area (TPSA) is 65.4 Å². The first-order valence-electron chi connectivity index (χ1n) is 6.39. The molecule has 0 saturated heterocycles. The van der Waals surface area contributed by atoms with Crippen LogP contribution in [0.4, 0.5) is 25.1 Å². The van der Waals surface area contributed by atoms with Gasteiger partial charge in [0.05, 0.1) is 6.61 Å². The fourth-order valence-electron chi connectivity index (χ4n) is 1.71. The van der Waals surface area contributed by atoms with Gasteiger partial charge < -0.3 is 14.9 Å². The normalized spacial score (nSPS) is 11.6. The molecule has 0 unspecified atom stereocenters. The molecule has 0 aliphatic carbocycles. The van der Waals surface area contributed by atoms with Crippen molar-refractivity contribution in [2.75, 3.05) is 42.6 Å². The average Bonchev–Trinajstić information content (AvgIpc) is 2.37. The maximum absolute atomic E-state index is 12.6. The molecular weight excluding hydrogens is 311 g/mol. The monoisotopic (exact) mass is 327 g/mol. The first-order valence-corrected chi connectivity index (χ1v) is 6.77. The molecule has 6 nitrogen and oxygen atoms in total. The van der Waals surface area contributed by atoms with Gasteiger partial charge in [0, 0.05) is 19.6 Å². The molecule has 0 fully saturated rings. The number of aromatic nitrogens is 3. The van der Waals surface area contributed by atoms with Crippen molar-refractivity contribution in [3.8, 4) is 0 Å². The number of nitrogens with zero attached hydrogens (tertiary/aromatic N) is 5. The Morgan fingerprint density at radius 2 is 1.57 bits per heavy atom. The fourth-order valence-corrected chi connectivity index (χ4v) is 1.86. The van der Waals surface area contributed by atoms with Gasteiger partial charge in [-0.1, -0.05) is 0 Å². The van der Waals surface area contributed by atoms with E-state index in [1.165, 1.54) is 0 Å². The molecule has 0 saturated carbocycles. The van der Waals surface area contributed by atoms with Crippen molar-refractivity contribution < 1.29 is 18.3 Å². The first-order chi connectivity index (χ1) is 9.80. The highest BCUT2D eigenvalue weighted by Crippen LogP contribution is 2.22. The molecule has 0 spiro atoms. The Morgan fingerprint density at radius 1 is 1.05 bits per heavy atom. The molecule has 1 N–H and O–H groups in total. The highest BCUT2D eigenvalue weighted by Gasteiger charge is 2.32. The number of rotatable bonds is 7. The highest BCUT2D eigenvalue weighted by molar-refractivity contribution is 6.28. The second-order valence-corrected chi connectivity index (χ2v) is 4.48. The minimum absolute atomic E-state index is 0.188. The van der Waals surface area contributed by atoms with Crippen molar-refractivity contribution >= 4 is 23.5 Å². The average molecular weight is 328 g/mol. The third-order valence-electron chi connectivity index (χ3n) is 2.65. The molecule has 1 rings (SSSR count). The second-order valence-electron chi connectivity index (χ2n) is 4.14. The van der Waals surface area contributed by atoms with E-state index in [1.54, 1.807) is 4.90 Å². The first kappa shape index (κ1) is 17.7. The molecule has 0 bridgehead atoms. The van der Waals surface area contributed by atoms with E-state index in [0.29, 0.717) is 13.1 Å². The summed E-state index contributed by atoms with van der Waals surface area (Å²) in [6.07, 6.45) is -4.44. The standard InChI is InChI=1S/C11H17ClF3N5O/c1-3-19(4-2)9-16-8(12)17-10(18-9)20(5-6-21)7-11(13,14)15/h21H,3-7H2,1-2H3. The van der Waals surface area contributed by atoms with E-state index in [-0.39, 0.29) is 23.7 Å². The number of halogens is 4. The van der Waals surface area contributed by atoms with Gasteiger partial charge in [0.15, 0.2) is 0 Å². The van der Waals surface area contributed by atoms with Crippen molar-refractivity contribution in [3.05, 3.63) is 5.28 Å². The van der Waals surface area contributed by atoms with Gasteiger partial charge in [0.1, 0.15) is 6.54 Å². The van der Waals surface area contributed by atoms with Crippen LogP contribution in [0.1, 0.15) is 13.8 Å². The maximum Gasteiger partial charge on any atom is 0.406 e. The van der Waals surface area contributed by atoms with Crippen LogP contribution >= 0.6 is 11.6 Å². The molecule has 21 heavy (non-hydrogen) atoms. The Bertz CT molecular complexity index is 456. The van der Waals surface area contributed by atoms with Gasteiger partial charge in [-0.3, -0.25) is 0 Å². The van der Waals surface area contributed by atoms with Gasteiger partial charge in [-0.2, -0.15) is 28.1 Å². The summed E-state index contributed by atoms with van der Waals surface area (Å²) >= 11 is 5.76. The van der Waals surface area contributed by atoms with Gasteiger partial charge in [-0.25, -0.2) is 0 Å². The Hall–Kier alpha value is -1.35. The molecule has 0 atom stereocenters. The lowest BCUT2D eigenvalue weighted by Crippen LogP contribution is -2.38. The van der Waals surface area contributed by atoms with E-state index in [4.69, 9.17) is 16.7 Å². The fraction of sp³-hybridized carbons (Fsp3) is 0.727. The summed E-state index contributed by atoms with van der Waals surface area (Å²) < 4.78 is 37.7. The molecule has 0 aromatic carbocycles. The molecule has 120 valence electrons. The van der Waals surface area contributed by atoms with E-state index < -0.39 is 19.3 Å². The van der Waals surface area contributed by atoms with Gasteiger partial charge >= 0.3 is 6.18 Å². The third-order valence-corrected chi connectivity index (χ3v) is 2.82. The van der Waals surface area contributed by atoms with Crippen LogP contribution in [0.5, 0.6) is 0 Å². The zero-order valence-electron chi connectivity index (χ0n) is 11.7. The Kier molecular flexibility index (Phi) is 6.41. The molecule has 1 aromatic rings. The third kappa shape index (κ3) is 5.50. The molecule has 0 aliphatic heterocycles. The minimum Gasteiger partial charge on any atom is -0.395 e. The van der Waals surface area contributed by atoms with Crippen LogP contribution in [0, 0.1) is 0 Å². The molecular formula is C11H17ClF3N5O. The lowest BCUT2D eigenvalue weighted by Gasteiger charge is -2.25. The predicted octanol–water partition coefficient (Wildman–Crippen LogP) is 1.73. The summed E-state index contributed by atoms with van der Waals surface area (Å²) in [5.74, 6) is 0.00314. The van der Waals surface area contributed by atoms with Crippen LogP contribution in [0.25, 0.3) is 0 Å². The van der Waals surface area contributed by atoms with E-state index >= 15 is 0 Å². The summed E-state index contributed by atoms with van der Waals surface area (Å²) in [6.45, 7) is 2.90. The van der Waals surface area contributed by atoms with Gasteiger partial charge in [0.25, 0.3) is 0 Å². The molecule has 10 heteroatoms. The van der Waals surface area contributed by atoms with Crippen LogP contribution in [0.3, 0.4) is 0 Å². The van der Waals surface area contributed by atoms with Crippen LogP contribution in [-0.2, 0) is 0 Å². The molecule has 0 aliphatic rings. The summed E-state index contributed by atoms with van der Waals surface area (Å²) in [5.41, 5.74) is 0. The smallest absolute Gasteiger partial charge is 0.395 e. The van der Waals surface area contributed by atoms with Gasteiger partial charge in [0.2, 0.25) is 17.2 Å². The summed E-state index contributed by atoms with van der Waals surface area (Å²) in [7, 11) is 0. The summed E-state index contributed by atoms with van der Waals surface area (Å²) in [5, 5.41) is 8.72. The number of aliphatic hydroxyl groups is 1. The van der Waals surface area contributed by atoms with E-state index in [9.17, 15) is 13.2 Å². The quantitative estimate of drug-likeness (QED) is 0.823. The van der Waals surface area contributed by atoms with Gasteiger partial charge in [-0.05, 0) is 25.4 Å². The number of aliphatic hydroxyl groups excluding tert-OH is 1. The molecule has 1 heterocycles. The summed E-state index contributed by atoms with van der Waals surface area (Å²) in [6, 6.07) is 0. The van der Waals surface area contributed by atoms with Crippen LogP contribution < -0.4 is 9.80 Å². The SMILES string of the molecule is CCN(CC)c1nc(Cl)nc(N(CCO)CC(F)(F)F)n1. The number of hydrogen-bond donors (Lipinski definition) is 1. The minimum atomic E-state index is -4.44. The molecule has 0 radical (unpaired) electrons. The number of alkyl halides is 3. The Balaban J connectivity index is 3.13. The van der Waals surface area contributed by atoms with E-state index in [1.807, 2.05) is 13.8 Å². The van der Waals surface area contributed by atoms with Gasteiger partial charge in [-0.15, -0.1) is 0 Å². The lowest BCUT2D eigenvalue weighted by molar-refractivity contribution is -0.120. The van der Waals surface area contributed by atoms with Crippen LogP contribution in [0.2, 0.25) is 5.28 Å². The molecule has 1 aromatic heterocycles. The maximum atomic E-state index is 12.6. The predicted molar refractivity (Wildman–Crippen MR) is 73.8 cm³/mol. The molecule has 0 amide bonds. The number of hydrogen-bond acceptors (Lipinski definition) is 6. The Morgan fingerprint density at radius 3 is 2.00 bits per heavy atom. The zero-order chi connectivity index (χ0) is 16.0. The van der Waals surface area contributed by atoms with Crippen molar-refractivity contribution in [1.82, 2.24) is 15.0 Å².